The normalized spacial score (nSPS) is 11.7. The average molecular weight is 293 g/mol. The predicted molar refractivity (Wildman–Crippen MR) is 72.4 cm³/mol. The van der Waals surface area contributed by atoms with Crippen LogP contribution < -0.4 is 16.0 Å². The monoisotopic (exact) mass is 293 g/mol. The third-order valence-corrected chi connectivity index (χ3v) is 4.03. The molecule has 0 bridgehead atoms. The van der Waals surface area contributed by atoms with Crippen molar-refractivity contribution in [3.8, 4) is 0 Å². The van der Waals surface area contributed by atoms with E-state index in [2.05, 4.69) is 25.3 Å². The van der Waals surface area contributed by atoms with E-state index in [4.69, 9.17) is 5.84 Å². The third-order valence-electron chi connectivity index (χ3n) is 2.63. The number of hydrogen-bond acceptors (Lipinski definition) is 6. The summed E-state index contributed by atoms with van der Waals surface area (Å²) in [5, 5.41) is 6.13. The minimum Gasteiger partial charge on any atom is -0.306 e. The molecule has 3 rings (SSSR count). The molecule has 0 saturated carbocycles. The molecule has 0 aromatic carbocycles. The molecular weight excluding hydrogens is 282 g/mol. The van der Waals surface area contributed by atoms with E-state index in [0.29, 0.717) is 11.3 Å². The fourth-order valence-corrected chi connectivity index (χ4v) is 3.13. The number of aromatic nitrogens is 4. The number of rotatable bonds is 4. The average Bonchev–Trinajstić information content (AvgIpc) is 3.04. The molecule has 104 valence electrons. The molecule has 0 atom stereocenters. The van der Waals surface area contributed by atoms with Gasteiger partial charge in [-0.15, -0.1) is 0 Å². The molecular formula is C10H11N7O2S. The molecule has 0 fully saturated rings. The Balaban J connectivity index is 2.17. The van der Waals surface area contributed by atoms with E-state index in [1.54, 1.807) is 24.4 Å². The Bertz CT molecular complexity index is 838. The maximum atomic E-state index is 12.4. The molecule has 0 aliphatic carbocycles. The zero-order chi connectivity index (χ0) is 14.2. The standard InChI is InChI=1S/C10H11N7O2S/c11-15-9-10(17-4-2-1-3-8(17)14-9)20(18,19)16-7-5-12-13-6-7/h1-6,15-16H,11H2,(H,12,13). The minimum atomic E-state index is -3.86. The Labute approximate surface area is 113 Å². The first-order valence-electron chi connectivity index (χ1n) is 5.57. The van der Waals surface area contributed by atoms with Gasteiger partial charge >= 0.3 is 0 Å². The fourth-order valence-electron chi connectivity index (χ4n) is 1.83. The molecule has 0 amide bonds. The van der Waals surface area contributed by atoms with Crippen LogP contribution in [0.3, 0.4) is 0 Å². The van der Waals surface area contributed by atoms with Crippen molar-refractivity contribution in [1.29, 1.82) is 0 Å². The van der Waals surface area contributed by atoms with E-state index in [0.717, 1.165) is 0 Å². The third kappa shape index (κ3) is 1.96. The minimum absolute atomic E-state index is 0.0622. The summed E-state index contributed by atoms with van der Waals surface area (Å²) in [6.45, 7) is 0. The van der Waals surface area contributed by atoms with Gasteiger partial charge in [-0.25, -0.2) is 10.8 Å². The first kappa shape index (κ1) is 12.4. The molecule has 0 aliphatic heterocycles. The van der Waals surface area contributed by atoms with Gasteiger partial charge in [-0.05, 0) is 12.1 Å². The van der Waals surface area contributed by atoms with Gasteiger partial charge in [0.05, 0.1) is 11.9 Å². The highest BCUT2D eigenvalue weighted by molar-refractivity contribution is 7.92. The Kier molecular flexibility index (Phi) is 2.80. The Morgan fingerprint density at radius 3 is 2.90 bits per heavy atom. The molecule has 3 aromatic rings. The highest BCUT2D eigenvalue weighted by Gasteiger charge is 2.25. The van der Waals surface area contributed by atoms with Gasteiger partial charge in [0.2, 0.25) is 5.03 Å². The van der Waals surface area contributed by atoms with Gasteiger partial charge < -0.3 is 5.43 Å². The zero-order valence-electron chi connectivity index (χ0n) is 10.1. The maximum Gasteiger partial charge on any atom is 0.281 e. The lowest BCUT2D eigenvalue weighted by Gasteiger charge is -2.07. The van der Waals surface area contributed by atoms with Gasteiger partial charge in [-0.2, -0.15) is 13.5 Å². The maximum absolute atomic E-state index is 12.4. The van der Waals surface area contributed by atoms with Gasteiger partial charge in [-0.3, -0.25) is 14.2 Å². The van der Waals surface area contributed by atoms with Crippen molar-refractivity contribution >= 4 is 27.2 Å². The number of H-pyrrole nitrogens is 1. The number of aromatic amines is 1. The molecule has 0 spiro atoms. The summed E-state index contributed by atoms with van der Waals surface area (Å²) in [7, 11) is -3.86. The summed E-state index contributed by atoms with van der Waals surface area (Å²) in [5.41, 5.74) is 3.08. The van der Waals surface area contributed by atoms with Crippen molar-refractivity contribution in [2.24, 2.45) is 5.84 Å². The van der Waals surface area contributed by atoms with Crippen LogP contribution in [0.2, 0.25) is 0 Å². The largest absolute Gasteiger partial charge is 0.306 e. The molecule has 20 heavy (non-hydrogen) atoms. The molecule has 0 saturated heterocycles. The second-order valence-corrected chi connectivity index (χ2v) is 5.53. The number of hydrogen-bond donors (Lipinski definition) is 4. The van der Waals surface area contributed by atoms with E-state index in [1.165, 1.54) is 16.8 Å². The highest BCUT2D eigenvalue weighted by Crippen LogP contribution is 2.23. The Hall–Kier alpha value is -2.59. The summed E-state index contributed by atoms with van der Waals surface area (Å²) >= 11 is 0. The van der Waals surface area contributed by atoms with E-state index in [-0.39, 0.29) is 10.8 Å². The lowest BCUT2D eigenvalue weighted by atomic mass is 10.5. The lowest BCUT2D eigenvalue weighted by Crippen LogP contribution is -2.18. The molecule has 9 nitrogen and oxygen atoms in total. The number of nitrogens with one attached hydrogen (secondary N) is 3. The molecule has 3 aromatic heterocycles. The number of nitrogen functional groups attached to an aromatic ring is 1. The van der Waals surface area contributed by atoms with Crippen molar-refractivity contribution in [1.82, 2.24) is 19.6 Å². The lowest BCUT2D eigenvalue weighted by molar-refractivity contribution is 0.597. The van der Waals surface area contributed by atoms with E-state index in [1.807, 2.05) is 0 Å². The van der Waals surface area contributed by atoms with Crippen LogP contribution in [0.15, 0.2) is 41.8 Å². The van der Waals surface area contributed by atoms with Crippen molar-refractivity contribution < 1.29 is 8.42 Å². The number of hydrazine groups is 1. The first-order chi connectivity index (χ1) is 9.62. The van der Waals surface area contributed by atoms with Crippen LogP contribution in [-0.4, -0.2) is 28.0 Å². The summed E-state index contributed by atoms with van der Waals surface area (Å²) in [5.74, 6) is 5.41. The van der Waals surface area contributed by atoms with Crippen LogP contribution >= 0.6 is 0 Å². The topological polar surface area (TPSA) is 130 Å². The number of nitrogens with two attached hydrogens (primary N) is 1. The Morgan fingerprint density at radius 1 is 1.35 bits per heavy atom. The predicted octanol–water partition coefficient (Wildman–Crippen LogP) is 0.144. The first-order valence-corrected chi connectivity index (χ1v) is 7.05. The van der Waals surface area contributed by atoms with Crippen LogP contribution in [0.25, 0.3) is 5.65 Å². The van der Waals surface area contributed by atoms with Gasteiger partial charge in [0.1, 0.15) is 5.65 Å². The van der Waals surface area contributed by atoms with Gasteiger partial charge in [0, 0.05) is 12.4 Å². The summed E-state index contributed by atoms with van der Waals surface area (Å²) in [6.07, 6.45) is 4.37. The van der Waals surface area contributed by atoms with E-state index >= 15 is 0 Å². The highest BCUT2D eigenvalue weighted by atomic mass is 32.2. The molecule has 0 radical (unpaired) electrons. The number of sulfonamides is 1. The van der Waals surface area contributed by atoms with Crippen molar-refractivity contribution in [3.05, 3.63) is 36.8 Å². The molecule has 10 heteroatoms. The van der Waals surface area contributed by atoms with Crippen molar-refractivity contribution in [2.75, 3.05) is 10.1 Å². The second kappa shape index (κ2) is 4.51. The van der Waals surface area contributed by atoms with Crippen LogP contribution in [0.1, 0.15) is 0 Å². The number of pyridine rings is 1. The van der Waals surface area contributed by atoms with Crippen LogP contribution in [0.4, 0.5) is 11.5 Å². The molecule has 3 heterocycles. The van der Waals surface area contributed by atoms with Crippen molar-refractivity contribution in [3.63, 3.8) is 0 Å². The SMILES string of the molecule is NNc1nc2ccccn2c1S(=O)(=O)Nc1cn[nH]c1. The van der Waals surface area contributed by atoms with Crippen LogP contribution in [0, 0.1) is 0 Å². The molecule has 0 unspecified atom stereocenters. The van der Waals surface area contributed by atoms with Crippen LogP contribution in [0.5, 0.6) is 0 Å². The van der Waals surface area contributed by atoms with E-state index < -0.39 is 10.0 Å². The summed E-state index contributed by atoms with van der Waals surface area (Å²) in [6, 6.07) is 5.13. The summed E-state index contributed by atoms with van der Waals surface area (Å²) in [4.78, 5) is 4.11. The quantitative estimate of drug-likeness (QED) is 0.400. The van der Waals surface area contributed by atoms with Crippen molar-refractivity contribution in [2.45, 2.75) is 5.03 Å². The number of nitrogens with zero attached hydrogens (tertiary/aromatic N) is 3. The fraction of sp³-hybridized carbons (Fsp3) is 0. The number of fused-ring (bicyclic) bond motifs is 1. The van der Waals surface area contributed by atoms with E-state index in [9.17, 15) is 8.42 Å². The second-order valence-electron chi connectivity index (χ2n) is 3.93. The molecule has 5 N–H and O–H groups in total. The zero-order valence-corrected chi connectivity index (χ0v) is 10.9. The summed E-state index contributed by atoms with van der Waals surface area (Å²) < 4.78 is 28.7. The van der Waals surface area contributed by atoms with Gasteiger partial charge in [0.25, 0.3) is 10.0 Å². The smallest absolute Gasteiger partial charge is 0.281 e. The number of anilines is 2. The molecule has 0 aliphatic rings. The number of imidazole rings is 1. The van der Waals surface area contributed by atoms with Crippen LogP contribution in [-0.2, 0) is 10.0 Å². The Morgan fingerprint density at radius 2 is 2.20 bits per heavy atom. The van der Waals surface area contributed by atoms with Gasteiger partial charge in [-0.1, -0.05) is 6.07 Å². The van der Waals surface area contributed by atoms with Gasteiger partial charge in [0.15, 0.2) is 5.82 Å².